The maximum absolute atomic E-state index is 9.93. The maximum atomic E-state index is 9.93. The molecule has 0 unspecified atom stereocenters. The van der Waals surface area contributed by atoms with Gasteiger partial charge in [-0.2, -0.15) is 0 Å². The molecular formula is C34H62O3Si2. The first kappa shape index (κ1) is 33.0. The van der Waals surface area contributed by atoms with Gasteiger partial charge in [0.25, 0.3) is 0 Å². The Balaban J connectivity index is 1.93. The van der Waals surface area contributed by atoms with Crippen molar-refractivity contribution in [3.63, 3.8) is 0 Å². The molecule has 3 nitrogen and oxygen atoms in total. The zero-order valence-electron chi connectivity index (χ0n) is 27.7. The van der Waals surface area contributed by atoms with Crippen molar-refractivity contribution in [2.24, 2.45) is 23.2 Å². The minimum Gasteiger partial charge on any atom is -0.413 e. The predicted octanol–water partition coefficient (Wildman–Crippen LogP) is 9.81. The summed E-state index contributed by atoms with van der Waals surface area (Å²) in [7, 11) is -3.87. The van der Waals surface area contributed by atoms with Crippen LogP contribution in [0.15, 0.2) is 35.5 Å². The lowest BCUT2D eigenvalue weighted by Crippen LogP contribution is -2.49. The van der Waals surface area contributed by atoms with Crippen molar-refractivity contribution in [3.8, 4) is 0 Å². The van der Waals surface area contributed by atoms with E-state index in [-0.39, 0.29) is 22.3 Å². The van der Waals surface area contributed by atoms with Gasteiger partial charge in [0.05, 0.1) is 12.2 Å². The Bertz CT molecular complexity index is 948. The summed E-state index contributed by atoms with van der Waals surface area (Å²) < 4.78 is 14.1. The predicted molar refractivity (Wildman–Crippen MR) is 173 cm³/mol. The van der Waals surface area contributed by atoms with Crippen LogP contribution in [-0.2, 0) is 8.85 Å². The second-order valence-corrected chi connectivity index (χ2v) is 26.0. The van der Waals surface area contributed by atoms with Crippen molar-refractivity contribution in [1.82, 2.24) is 0 Å². The molecule has 5 heteroatoms. The van der Waals surface area contributed by atoms with E-state index in [9.17, 15) is 5.11 Å². The summed E-state index contributed by atoms with van der Waals surface area (Å²) in [4.78, 5) is 0. The maximum Gasteiger partial charge on any atom is 0.192 e. The number of allylic oxidation sites excluding steroid dienone is 3. The van der Waals surface area contributed by atoms with Gasteiger partial charge in [-0.15, -0.1) is 0 Å². The summed E-state index contributed by atoms with van der Waals surface area (Å²) in [5.74, 6) is 1.65. The van der Waals surface area contributed by atoms with Crippen molar-refractivity contribution in [2.75, 3.05) is 6.61 Å². The van der Waals surface area contributed by atoms with Gasteiger partial charge in [-0.25, -0.2) is 0 Å². The van der Waals surface area contributed by atoms with Crippen LogP contribution in [0.4, 0.5) is 0 Å². The fourth-order valence-corrected chi connectivity index (χ4v) is 9.78. The highest BCUT2D eigenvalue weighted by Crippen LogP contribution is 2.59. The number of hydrogen-bond acceptors (Lipinski definition) is 3. The number of fused-ring (bicyclic) bond motifs is 1. The fourth-order valence-electron chi connectivity index (χ4n) is 7.11. The molecule has 39 heavy (non-hydrogen) atoms. The van der Waals surface area contributed by atoms with E-state index in [4.69, 9.17) is 8.85 Å². The number of hydrogen-bond donors (Lipinski definition) is 1. The van der Waals surface area contributed by atoms with Crippen molar-refractivity contribution in [2.45, 2.75) is 149 Å². The van der Waals surface area contributed by atoms with E-state index in [0.717, 1.165) is 12.8 Å². The topological polar surface area (TPSA) is 38.7 Å². The van der Waals surface area contributed by atoms with Crippen LogP contribution in [0.2, 0.25) is 36.3 Å². The Morgan fingerprint density at radius 3 is 2.15 bits per heavy atom. The third-order valence-corrected chi connectivity index (χ3v) is 20.8. The van der Waals surface area contributed by atoms with Gasteiger partial charge in [-0.05, 0) is 109 Å². The van der Waals surface area contributed by atoms with Gasteiger partial charge in [-0.3, -0.25) is 0 Å². The molecule has 3 fully saturated rings. The molecule has 0 aromatic rings. The largest absolute Gasteiger partial charge is 0.413 e. The van der Waals surface area contributed by atoms with Crippen LogP contribution in [0.1, 0.15) is 100 Å². The Kier molecular flexibility index (Phi) is 9.88. The lowest BCUT2D eigenvalue weighted by molar-refractivity contribution is 0.0690. The molecular weight excluding hydrogens is 513 g/mol. The normalized spacial score (nSPS) is 34.0. The highest BCUT2D eigenvalue weighted by molar-refractivity contribution is 6.74. The molecule has 0 aromatic carbocycles. The second kappa shape index (κ2) is 11.7. The van der Waals surface area contributed by atoms with Crippen molar-refractivity contribution in [3.05, 3.63) is 35.5 Å². The average molecular weight is 575 g/mol. The first-order chi connectivity index (χ1) is 17.7. The first-order valence-corrected chi connectivity index (χ1v) is 21.6. The van der Waals surface area contributed by atoms with Crippen LogP contribution in [0.25, 0.3) is 0 Å². The zero-order valence-corrected chi connectivity index (χ0v) is 29.7. The van der Waals surface area contributed by atoms with Gasteiger partial charge in [0.1, 0.15) is 0 Å². The lowest BCUT2D eigenvalue weighted by atomic mass is 9.61. The van der Waals surface area contributed by atoms with Gasteiger partial charge in [0.15, 0.2) is 16.6 Å². The molecule has 0 saturated heterocycles. The summed E-state index contributed by atoms with van der Waals surface area (Å²) >= 11 is 0. The highest BCUT2D eigenvalue weighted by atomic mass is 28.4. The van der Waals surface area contributed by atoms with Crippen LogP contribution in [0, 0.1) is 23.2 Å². The van der Waals surface area contributed by atoms with Crippen LogP contribution in [0.5, 0.6) is 0 Å². The van der Waals surface area contributed by atoms with Crippen LogP contribution in [-0.4, -0.2) is 40.6 Å². The monoisotopic (exact) mass is 574 g/mol. The van der Waals surface area contributed by atoms with E-state index in [1.807, 2.05) is 0 Å². The fraction of sp³-hybridized carbons (Fsp3) is 0.824. The number of aliphatic hydroxyl groups is 1. The summed E-state index contributed by atoms with van der Waals surface area (Å²) in [6.07, 6.45) is 13.2. The smallest absolute Gasteiger partial charge is 0.192 e. The van der Waals surface area contributed by atoms with E-state index in [1.54, 1.807) is 5.57 Å². The van der Waals surface area contributed by atoms with Gasteiger partial charge in [-0.1, -0.05) is 79.7 Å². The quantitative estimate of drug-likeness (QED) is 0.308. The van der Waals surface area contributed by atoms with Gasteiger partial charge < -0.3 is 14.0 Å². The standard InChI is InChI=1S/C34H62O3Si2/c1-24(23-35)29-18-19-30-26(15-14-20-34(29,30)9)16-17-27-21-28(36-38(10,11)32(3,4)5)22-31(25(27)2)37-39(12,13)33(6,7)8/h16-17,24,28-31,35H,2,14-15,18-23H2,1,3-13H3/b26-16+,27-17?/t24-,28-,29-,30+,31+,34-/m1/s1. The molecule has 3 aliphatic rings. The third kappa shape index (κ3) is 6.96. The molecule has 3 aliphatic carbocycles. The molecule has 0 aromatic heterocycles. The Morgan fingerprint density at radius 2 is 1.59 bits per heavy atom. The molecule has 3 saturated carbocycles. The molecule has 224 valence electrons. The van der Waals surface area contributed by atoms with Crippen LogP contribution >= 0.6 is 0 Å². The van der Waals surface area contributed by atoms with Crippen molar-refractivity contribution >= 4 is 16.6 Å². The Hall–Kier alpha value is -0.466. The van der Waals surface area contributed by atoms with E-state index in [2.05, 4.69) is 100 Å². The van der Waals surface area contributed by atoms with Crippen molar-refractivity contribution < 1.29 is 14.0 Å². The number of aliphatic hydroxyl groups excluding tert-OH is 1. The summed E-state index contributed by atoms with van der Waals surface area (Å²) in [5, 5.41) is 10.3. The van der Waals surface area contributed by atoms with E-state index < -0.39 is 16.6 Å². The minimum atomic E-state index is -1.96. The average Bonchev–Trinajstić information content (AvgIpc) is 3.15. The second-order valence-electron chi connectivity index (χ2n) is 16.5. The first-order valence-electron chi connectivity index (χ1n) is 15.8. The molecule has 6 atom stereocenters. The highest BCUT2D eigenvalue weighted by Gasteiger charge is 2.50. The summed E-state index contributed by atoms with van der Waals surface area (Å²) in [6.45, 7) is 33.1. The van der Waals surface area contributed by atoms with E-state index in [1.165, 1.54) is 43.3 Å². The van der Waals surface area contributed by atoms with Gasteiger partial charge in [0, 0.05) is 13.0 Å². The van der Waals surface area contributed by atoms with Gasteiger partial charge in [0.2, 0.25) is 0 Å². The van der Waals surface area contributed by atoms with E-state index >= 15 is 0 Å². The molecule has 3 rings (SSSR count). The van der Waals surface area contributed by atoms with Gasteiger partial charge >= 0.3 is 0 Å². The van der Waals surface area contributed by atoms with Crippen molar-refractivity contribution in [1.29, 1.82) is 0 Å². The zero-order chi connectivity index (χ0) is 29.6. The molecule has 0 amide bonds. The number of rotatable bonds is 7. The molecule has 0 bridgehead atoms. The minimum absolute atomic E-state index is 0.0250. The Morgan fingerprint density at radius 1 is 1.00 bits per heavy atom. The molecule has 0 spiro atoms. The summed E-state index contributed by atoms with van der Waals surface area (Å²) in [5.41, 5.74) is 4.43. The molecule has 1 N–H and O–H groups in total. The SMILES string of the molecule is C=C1C(=C/C=C2\CCC[C@]3(C)[C@@H]([C@H](C)CO)CC[C@@H]23)C[C@@H](O[Si](C)(C)C(C)(C)C)C[C@@H]1O[Si](C)(C)C(C)(C)C. The van der Waals surface area contributed by atoms with Crippen LogP contribution in [0.3, 0.4) is 0 Å². The molecule has 0 radical (unpaired) electrons. The van der Waals surface area contributed by atoms with Crippen LogP contribution < -0.4 is 0 Å². The third-order valence-electron chi connectivity index (χ3n) is 11.7. The Labute approximate surface area is 244 Å². The molecule has 0 heterocycles. The van der Waals surface area contributed by atoms with E-state index in [0.29, 0.717) is 29.8 Å². The lowest BCUT2D eigenvalue weighted by Gasteiger charge is -2.45. The molecule has 0 aliphatic heterocycles. The summed E-state index contributed by atoms with van der Waals surface area (Å²) in [6, 6.07) is 0.